The topological polar surface area (TPSA) is 58.6 Å². The number of nitrogens with one attached hydrogen (secondary N) is 1. The normalized spacial score (nSPS) is 10.2. The van der Waals surface area contributed by atoms with Crippen molar-refractivity contribution in [2.75, 3.05) is 26.5 Å². The van der Waals surface area contributed by atoms with Crippen molar-refractivity contribution in [1.82, 2.24) is 4.90 Å². The van der Waals surface area contributed by atoms with Crippen LogP contribution in [0.5, 0.6) is 0 Å². The Balaban J connectivity index is 2.24. The maximum atomic E-state index is 12.4. The molecule has 1 N–H and O–H groups in total. The van der Waals surface area contributed by atoms with Gasteiger partial charge in [0.1, 0.15) is 0 Å². The maximum Gasteiger partial charge on any atom is 0.255 e. The van der Waals surface area contributed by atoms with Crippen LogP contribution in [0.25, 0.3) is 0 Å². The lowest BCUT2D eigenvalue weighted by Gasteiger charge is -2.15. The molecule has 0 aliphatic rings. The van der Waals surface area contributed by atoms with E-state index in [-0.39, 0.29) is 11.8 Å². The molecule has 0 aliphatic carbocycles. The summed E-state index contributed by atoms with van der Waals surface area (Å²) in [5.74, 6) is -0.420. The minimum atomic E-state index is -0.262. The molecule has 2 aromatic rings. The van der Waals surface area contributed by atoms with E-state index in [1.54, 1.807) is 63.7 Å². The molecule has 0 fully saturated rings. The van der Waals surface area contributed by atoms with E-state index in [9.17, 15) is 9.59 Å². The number of nitrogens with zero attached hydrogens (tertiary/aromatic N) is 1. The van der Waals surface area contributed by atoms with E-state index in [2.05, 4.69) is 5.32 Å². The number of anilines is 1. The fourth-order valence-corrected chi connectivity index (χ4v) is 2.18. The summed E-state index contributed by atoms with van der Waals surface area (Å²) >= 11 is 0. The molecule has 0 saturated carbocycles. The van der Waals surface area contributed by atoms with E-state index in [0.29, 0.717) is 23.4 Å². The van der Waals surface area contributed by atoms with Crippen molar-refractivity contribution < 1.29 is 14.3 Å². The number of carbonyl (C=O) groups is 2. The number of para-hydroxylation sites is 1. The first-order chi connectivity index (χ1) is 11.0. The summed E-state index contributed by atoms with van der Waals surface area (Å²) in [6.07, 6.45) is 0. The summed E-state index contributed by atoms with van der Waals surface area (Å²) in [7, 11) is 4.96. The Hall–Kier alpha value is -2.66. The molecule has 2 rings (SSSR count). The molecule has 0 bridgehead atoms. The van der Waals surface area contributed by atoms with Crippen molar-refractivity contribution in [3.05, 3.63) is 65.2 Å². The lowest BCUT2D eigenvalue weighted by molar-refractivity contribution is 0.0828. The first-order valence-corrected chi connectivity index (χ1v) is 7.23. The van der Waals surface area contributed by atoms with Gasteiger partial charge in [0.2, 0.25) is 0 Å². The molecule has 0 spiro atoms. The predicted molar refractivity (Wildman–Crippen MR) is 89.6 cm³/mol. The van der Waals surface area contributed by atoms with Crippen LogP contribution in [-0.2, 0) is 11.3 Å². The van der Waals surface area contributed by atoms with Gasteiger partial charge in [-0.1, -0.05) is 24.3 Å². The van der Waals surface area contributed by atoms with Gasteiger partial charge in [0.25, 0.3) is 11.8 Å². The van der Waals surface area contributed by atoms with Gasteiger partial charge in [-0.05, 0) is 29.8 Å². The number of methoxy groups -OCH3 is 1. The van der Waals surface area contributed by atoms with Crippen molar-refractivity contribution in [2.45, 2.75) is 6.61 Å². The monoisotopic (exact) mass is 312 g/mol. The number of hydrogen-bond acceptors (Lipinski definition) is 3. The number of ether oxygens (including phenoxy) is 1. The summed E-state index contributed by atoms with van der Waals surface area (Å²) in [4.78, 5) is 26.1. The number of carbonyl (C=O) groups excluding carboxylic acids is 2. The molecular weight excluding hydrogens is 292 g/mol. The highest BCUT2D eigenvalue weighted by Gasteiger charge is 2.15. The van der Waals surface area contributed by atoms with E-state index in [0.717, 1.165) is 5.56 Å². The molecule has 5 nitrogen and oxygen atoms in total. The van der Waals surface area contributed by atoms with Crippen LogP contribution in [-0.4, -0.2) is 37.9 Å². The third-order valence-corrected chi connectivity index (χ3v) is 3.31. The molecule has 0 heterocycles. The van der Waals surface area contributed by atoms with Crippen molar-refractivity contribution >= 4 is 17.5 Å². The first-order valence-electron chi connectivity index (χ1n) is 7.23. The fraction of sp³-hybridized carbons (Fsp3) is 0.222. The zero-order chi connectivity index (χ0) is 16.8. The number of rotatable bonds is 5. The Bertz CT molecular complexity index is 711. The average Bonchev–Trinajstić information content (AvgIpc) is 2.55. The number of amides is 2. The van der Waals surface area contributed by atoms with Crippen molar-refractivity contribution in [2.24, 2.45) is 0 Å². The third kappa shape index (κ3) is 4.17. The maximum absolute atomic E-state index is 12.4. The molecule has 0 radical (unpaired) electrons. The minimum Gasteiger partial charge on any atom is -0.380 e. The van der Waals surface area contributed by atoms with Gasteiger partial charge < -0.3 is 15.0 Å². The van der Waals surface area contributed by atoms with Gasteiger partial charge in [-0.25, -0.2) is 0 Å². The second-order valence-electron chi connectivity index (χ2n) is 5.33. The number of benzene rings is 2. The Kier molecular flexibility index (Phi) is 5.49. The van der Waals surface area contributed by atoms with E-state index in [4.69, 9.17) is 4.74 Å². The third-order valence-electron chi connectivity index (χ3n) is 3.31. The van der Waals surface area contributed by atoms with Crippen LogP contribution in [0.1, 0.15) is 26.3 Å². The molecule has 0 aliphatic heterocycles. The van der Waals surface area contributed by atoms with Crippen LogP contribution in [0.4, 0.5) is 5.69 Å². The summed E-state index contributed by atoms with van der Waals surface area (Å²) in [5, 5.41) is 2.80. The molecule has 2 aromatic carbocycles. The summed E-state index contributed by atoms with van der Waals surface area (Å²) in [6, 6.07) is 14.2. The SMILES string of the molecule is COCc1cccc(C(=O)Nc2ccccc2C(=O)N(C)C)c1. The zero-order valence-corrected chi connectivity index (χ0v) is 13.5. The van der Waals surface area contributed by atoms with Crippen LogP contribution in [0.3, 0.4) is 0 Å². The van der Waals surface area contributed by atoms with Gasteiger partial charge in [0, 0.05) is 26.8 Å². The summed E-state index contributed by atoms with van der Waals surface area (Å²) < 4.78 is 5.08. The largest absolute Gasteiger partial charge is 0.380 e. The molecule has 23 heavy (non-hydrogen) atoms. The fourth-order valence-electron chi connectivity index (χ4n) is 2.18. The van der Waals surface area contributed by atoms with Gasteiger partial charge in [-0.3, -0.25) is 9.59 Å². The minimum absolute atomic E-state index is 0.158. The second kappa shape index (κ2) is 7.56. The van der Waals surface area contributed by atoms with Gasteiger partial charge in [0.15, 0.2) is 0 Å². The summed E-state index contributed by atoms with van der Waals surface area (Å²) in [5.41, 5.74) is 2.39. The lowest BCUT2D eigenvalue weighted by atomic mass is 10.1. The van der Waals surface area contributed by atoms with Gasteiger partial charge in [-0.2, -0.15) is 0 Å². The zero-order valence-electron chi connectivity index (χ0n) is 13.5. The first kappa shape index (κ1) is 16.7. The molecule has 2 amide bonds. The van der Waals surface area contributed by atoms with Crippen LogP contribution in [0, 0.1) is 0 Å². The van der Waals surface area contributed by atoms with Crippen LogP contribution in [0.2, 0.25) is 0 Å². The average molecular weight is 312 g/mol. The summed E-state index contributed by atoms with van der Waals surface area (Å²) in [6.45, 7) is 0.441. The Morgan fingerprint density at radius 3 is 2.52 bits per heavy atom. The molecular formula is C18H20N2O3. The lowest BCUT2D eigenvalue weighted by Crippen LogP contribution is -2.24. The Morgan fingerprint density at radius 2 is 1.83 bits per heavy atom. The molecule has 0 saturated heterocycles. The molecule has 5 heteroatoms. The number of hydrogen-bond donors (Lipinski definition) is 1. The van der Waals surface area contributed by atoms with Gasteiger partial charge >= 0.3 is 0 Å². The predicted octanol–water partition coefficient (Wildman–Crippen LogP) is 2.79. The van der Waals surface area contributed by atoms with Crippen LogP contribution in [0.15, 0.2) is 48.5 Å². The van der Waals surface area contributed by atoms with Gasteiger partial charge in [0.05, 0.1) is 17.9 Å². The van der Waals surface area contributed by atoms with Crippen LogP contribution >= 0.6 is 0 Å². The van der Waals surface area contributed by atoms with E-state index in [1.807, 2.05) is 6.07 Å². The molecule has 0 atom stereocenters. The Morgan fingerprint density at radius 1 is 1.09 bits per heavy atom. The van der Waals surface area contributed by atoms with Crippen molar-refractivity contribution in [1.29, 1.82) is 0 Å². The van der Waals surface area contributed by atoms with Crippen molar-refractivity contribution in [3.63, 3.8) is 0 Å². The van der Waals surface area contributed by atoms with E-state index in [1.165, 1.54) is 4.90 Å². The van der Waals surface area contributed by atoms with Crippen molar-refractivity contribution in [3.8, 4) is 0 Å². The second-order valence-corrected chi connectivity index (χ2v) is 5.33. The highest BCUT2D eigenvalue weighted by molar-refractivity contribution is 6.08. The molecule has 0 unspecified atom stereocenters. The molecule has 120 valence electrons. The van der Waals surface area contributed by atoms with E-state index >= 15 is 0 Å². The Labute approximate surface area is 135 Å². The molecule has 0 aromatic heterocycles. The van der Waals surface area contributed by atoms with E-state index < -0.39 is 0 Å². The highest BCUT2D eigenvalue weighted by Crippen LogP contribution is 2.18. The van der Waals surface area contributed by atoms with Gasteiger partial charge in [-0.15, -0.1) is 0 Å². The quantitative estimate of drug-likeness (QED) is 0.923. The van der Waals surface area contributed by atoms with Crippen LogP contribution < -0.4 is 5.32 Å². The smallest absolute Gasteiger partial charge is 0.255 e. The standard InChI is InChI=1S/C18H20N2O3/c1-20(2)18(22)15-9-4-5-10-16(15)19-17(21)14-8-6-7-13(11-14)12-23-3/h4-11H,12H2,1-3H3,(H,19,21). The highest BCUT2D eigenvalue weighted by atomic mass is 16.5.